The van der Waals surface area contributed by atoms with Gasteiger partial charge in [-0.05, 0) is 36.8 Å². The minimum atomic E-state index is -1.33. The number of carbonyl (C=O) groups excluding carboxylic acids is 3. The smallest absolute Gasteiger partial charge is 0.325 e. The van der Waals surface area contributed by atoms with Gasteiger partial charge in [0, 0.05) is 18.2 Å². The molecule has 0 aromatic heterocycles. The van der Waals surface area contributed by atoms with Crippen LogP contribution in [0.2, 0.25) is 0 Å². The number of anilines is 1. The summed E-state index contributed by atoms with van der Waals surface area (Å²) >= 11 is 0. The number of hydrogen-bond donors (Lipinski definition) is 2. The highest BCUT2D eigenvalue weighted by molar-refractivity contribution is 6.10. The molecule has 0 bridgehead atoms. The Kier molecular flexibility index (Phi) is 4.76. The largest absolute Gasteiger partial charge is 0.490 e. The van der Waals surface area contributed by atoms with E-state index in [1.165, 1.54) is 0 Å². The number of nitrogens with zero attached hydrogens (tertiary/aromatic N) is 1. The summed E-state index contributed by atoms with van der Waals surface area (Å²) < 4.78 is 21.9. The summed E-state index contributed by atoms with van der Waals surface area (Å²) in [5.74, 6) is 1.16. The van der Waals surface area contributed by atoms with Crippen LogP contribution in [0.3, 0.4) is 0 Å². The SMILES string of the molecule is C[C@@]1(c2ccc3c(c2)OCCCO3)NC(=O)N(CC(=O)Nc2ccc3c(c2)OCO3)C1=O. The number of ether oxygens (including phenoxy) is 4. The van der Waals surface area contributed by atoms with Gasteiger partial charge in [-0.3, -0.25) is 14.5 Å². The summed E-state index contributed by atoms with van der Waals surface area (Å²) in [5.41, 5.74) is -0.323. The molecule has 0 radical (unpaired) electrons. The Hall–Kier alpha value is -3.95. The van der Waals surface area contributed by atoms with Crippen molar-refractivity contribution in [1.82, 2.24) is 10.2 Å². The van der Waals surface area contributed by atoms with Gasteiger partial charge >= 0.3 is 6.03 Å². The van der Waals surface area contributed by atoms with E-state index in [-0.39, 0.29) is 6.79 Å². The maximum Gasteiger partial charge on any atom is 0.325 e. The minimum Gasteiger partial charge on any atom is -0.490 e. The fourth-order valence-corrected chi connectivity index (χ4v) is 3.83. The van der Waals surface area contributed by atoms with Gasteiger partial charge in [0.2, 0.25) is 12.7 Å². The fraction of sp³-hybridized carbons (Fsp3) is 0.318. The quantitative estimate of drug-likeness (QED) is 0.700. The first-order valence-corrected chi connectivity index (χ1v) is 10.2. The number of fused-ring (bicyclic) bond motifs is 2. The summed E-state index contributed by atoms with van der Waals surface area (Å²) in [6.45, 7) is 2.33. The number of benzene rings is 2. The highest BCUT2D eigenvalue weighted by Gasteiger charge is 2.49. The third-order valence-electron chi connectivity index (χ3n) is 5.56. The Morgan fingerprint density at radius 3 is 2.53 bits per heavy atom. The van der Waals surface area contributed by atoms with Gasteiger partial charge in [-0.25, -0.2) is 4.79 Å². The molecule has 166 valence electrons. The van der Waals surface area contributed by atoms with E-state index in [4.69, 9.17) is 18.9 Å². The lowest BCUT2D eigenvalue weighted by atomic mass is 9.91. The number of urea groups is 1. The number of carbonyl (C=O) groups is 3. The molecule has 2 aromatic carbocycles. The van der Waals surface area contributed by atoms with E-state index in [0.29, 0.717) is 47.5 Å². The summed E-state index contributed by atoms with van der Waals surface area (Å²) in [5, 5.41) is 5.37. The van der Waals surface area contributed by atoms with Crippen LogP contribution in [0, 0.1) is 0 Å². The molecule has 3 aliphatic heterocycles. The minimum absolute atomic E-state index is 0.119. The zero-order valence-electron chi connectivity index (χ0n) is 17.3. The highest BCUT2D eigenvalue weighted by atomic mass is 16.7. The topological polar surface area (TPSA) is 115 Å². The molecule has 2 aromatic rings. The second kappa shape index (κ2) is 7.63. The Bertz CT molecular complexity index is 1120. The zero-order chi connectivity index (χ0) is 22.3. The zero-order valence-corrected chi connectivity index (χ0v) is 17.3. The van der Waals surface area contributed by atoms with Crippen LogP contribution >= 0.6 is 0 Å². The normalized spacial score (nSPS) is 21.2. The van der Waals surface area contributed by atoms with Crippen LogP contribution in [0.25, 0.3) is 0 Å². The molecule has 0 unspecified atom stereocenters. The van der Waals surface area contributed by atoms with Crippen molar-refractivity contribution in [3.8, 4) is 23.0 Å². The fourth-order valence-electron chi connectivity index (χ4n) is 3.83. The molecule has 5 rings (SSSR count). The third kappa shape index (κ3) is 3.43. The van der Waals surface area contributed by atoms with E-state index < -0.39 is 29.9 Å². The molecule has 3 heterocycles. The molecule has 1 saturated heterocycles. The van der Waals surface area contributed by atoms with E-state index in [0.717, 1.165) is 11.3 Å². The Balaban J connectivity index is 1.31. The molecular formula is C22H21N3O7. The molecular weight excluding hydrogens is 418 g/mol. The molecule has 0 saturated carbocycles. The molecule has 1 fully saturated rings. The monoisotopic (exact) mass is 439 g/mol. The predicted octanol–water partition coefficient (Wildman–Crippen LogP) is 1.98. The molecule has 1 atom stereocenters. The van der Waals surface area contributed by atoms with Gasteiger partial charge in [-0.15, -0.1) is 0 Å². The van der Waals surface area contributed by atoms with Gasteiger partial charge in [-0.2, -0.15) is 0 Å². The van der Waals surface area contributed by atoms with Crippen LogP contribution in [0.5, 0.6) is 23.0 Å². The van der Waals surface area contributed by atoms with Crippen LogP contribution in [0.4, 0.5) is 10.5 Å². The van der Waals surface area contributed by atoms with Crippen LogP contribution in [-0.4, -0.2) is 49.3 Å². The maximum atomic E-state index is 13.2. The third-order valence-corrected chi connectivity index (χ3v) is 5.56. The van der Waals surface area contributed by atoms with Crippen molar-refractivity contribution in [2.45, 2.75) is 18.9 Å². The average molecular weight is 439 g/mol. The summed E-state index contributed by atoms with van der Waals surface area (Å²) in [6, 6.07) is 9.41. The van der Waals surface area contributed by atoms with E-state index in [9.17, 15) is 14.4 Å². The van der Waals surface area contributed by atoms with Crippen molar-refractivity contribution in [2.24, 2.45) is 0 Å². The number of hydrogen-bond acceptors (Lipinski definition) is 7. The molecule has 0 aliphatic carbocycles. The number of nitrogens with one attached hydrogen (secondary N) is 2. The van der Waals surface area contributed by atoms with Gasteiger partial charge in [0.05, 0.1) is 13.2 Å². The predicted molar refractivity (Wildman–Crippen MR) is 111 cm³/mol. The second-order valence-electron chi connectivity index (χ2n) is 7.77. The maximum absolute atomic E-state index is 13.2. The van der Waals surface area contributed by atoms with Gasteiger partial charge in [0.15, 0.2) is 23.0 Å². The average Bonchev–Trinajstić information content (AvgIpc) is 3.22. The van der Waals surface area contributed by atoms with Crippen molar-refractivity contribution in [3.63, 3.8) is 0 Å². The lowest BCUT2D eigenvalue weighted by molar-refractivity contribution is -0.133. The van der Waals surface area contributed by atoms with E-state index in [1.807, 2.05) is 0 Å². The second-order valence-corrected chi connectivity index (χ2v) is 7.77. The Labute approximate surface area is 183 Å². The van der Waals surface area contributed by atoms with Crippen molar-refractivity contribution >= 4 is 23.5 Å². The van der Waals surface area contributed by atoms with Crippen LogP contribution in [0.1, 0.15) is 18.9 Å². The summed E-state index contributed by atoms with van der Waals surface area (Å²) in [7, 11) is 0. The lowest BCUT2D eigenvalue weighted by Crippen LogP contribution is -2.42. The van der Waals surface area contributed by atoms with Crippen molar-refractivity contribution in [1.29, 1.82) is 0 Å². The first kappa shape index (κ1) is 20.0. The van der Waals surface area contributed by atoms with E-state index in [1.54, 1.807) is 43.3 Å². The number of amides is 4. The summed E-state index contributed by atoms with van der Waals surface area (Å²) in [4.78, 5) is 39.2. The van der Waals surface area contributed by atoms with E-state index >= 15 is 0 Å². The number of rotatable bonds is 4. The molecule has 10 heteroatoms. The van der Waals surface area contributed by atoms with Gasteiger partial charge < -0.3 is 29.6 Å². The summed E-state index contributed by atoms with van der Waals surface area (Å²) in [6.07, 6.45) is 0.753. The first-order chi connectivity index (χ1) is 15.4. The molecule has 32 heavy (non-hydrogen) atoms. The van der Waals surface area contributed by atoms with Crippen molar-refractivity contribution in [3.05, 3.63) is 42.0 Å². The molecule has 10 nitrogen and oxygen atoms in total. The Morgan fingerprint density at radius 2 is 1.69 bits per heavy atom. The number of imide groups is 1. The van der Waals surface area contributed by atoms with Crippen LogP contribution in [-0.2, 0) is 15.1 Å². The first-order valence-electron chi connectivity index (χ1n) is 10.2. The molecule has 2 N–H and O–H groups in total. The van der Waals surface area contributed by atoms with Crippen LogP contribution in [0.15, 0.2) is 36.4 Å². The van der Waals surface area contributed by atoms with Crippen molar-refractivity contribution < 1.29 is 33.3 Å². The van der Waals surface area contributed by atoms with Crippen molar-refractivity contribution in [2.75, 3.05) is 31.9 Å². The lowest BCUT2D eigenvalue weighted by Gasteiger charge is -2.23. The van der Waals surface area contributed by atoms with Gasteiger partial charge in [0.25, 0.3) is 5.91 Å². The molecule has 3 aliphatic rings. The molecule has 0 spiro atoms. The highest BCUT2D eigenvalue weighted by Crippen LogP contribution is 2.37. The Morgan fingerprint density at radius 1 is 1.00 bits per heavy atom. The van der Waals surface area contributed by atoms with Gasteiger partial charge in [-0.1, -0.05) is 6.07 Å². The van der Waals surface area contributed by atoms with Gasteiger partial charge in [0.1, 0.15) is 12.1 Å². The standard InChI is InChI=1S/C22H21N3O7/c1-22(13-3-5-15-17(9-13)30-8-2-7-29-15)20(27)25(21(28)24-22)11-19(26)23-14-4-6-16-18(10-14)32-12-31-16/h3-6,9-10H,2,7-8,11-12H2,1H3,(H,23,26)(H,24,28)/t22-/m0/s1. The van der Waals surface area contributed by atoms with Crippen LogP contribution < -0.4 is 29.6 Å². The molecule has 4 amide bonds. The van der Waals surface area contributed by atoms with E-state index in [2.05, 4.69) is 10.6 Å².